The predicted octanol–water partition coefficient (Wildman–Crippen LogP) is 1.41. The minimum Gasteiger partial charge on any atom is -0.481 e. The molecule has 0 radical (unpaired) electrons. The van der Waals surface area contributed by atoms with E-state index in [1.165, 1.54) is 4.31 Å². The SMILES string of the molecule is CC1(C(=O)O)CCN(C(=O)C2CCCN(S(=O)(=O)c3ccccc3)C2)C1. The second kappa shape index (κ2) is 7.00. The lowest BCUT2D eigenvalue weighted by Crippen LogP contribution is -2.46. The largest absolute Gasteiger partial charge is 0.481 e. The van der Waals surface area contributed by atoms with Crippen molar-refractivity contribution < 1.29 is 23.1 Å². The number of rotatable bonds is 4. The summed E-state index contributed by atoms with van der Waals surface area (Å²) in [6, 6.07) is 8.22. The van der Waals surface area contributed by atoms with Gasteiger partial charge in [-0.2, -0.15) is 4.31 Å². The quantitative estimate of drug-likeness (QED) is 0.852. The first-order valence-corrected chi connectivity index (χ1v) is 10.3. The number of hydrogen-bond acceptors (Lipinski definition) is 4. The van der Waals surface area contributed by atoms with Crippen LogP contribution in [-0.2, 0) is 19.6 Å². The number of likely N-dealkylation sites (tertiary alicyclic amines) is 1. The van der Waals surface area contributed by atoms with Crippen molar-refractivity contribution in [1.82, 2.24) is 9.21 Å². The molecule has 0 aromatic heterocycles. The van der Waals surface area contributed by atoms with Crippen LogP contribution < -0.4 is 0 Å². The van der Waals surface area contributed by atoms with E-state index in [9.17, 15) is 23.1 Å². The van der Waals surface area contributed by atoms with Gasteiger partial charge in [-0.05, 0) is 38.3 Å². The van der Waals surface area contributed by atoms with Crippen molar-refractivity contribution in [3.8, 4) is 0 Å². The van der Waals surface area contributed by atoms with Gasteiger partial charge < -0.3 is 10.0 Å². The molecule has 0 aliphatic carbocycles. The Hall–Kier alpha value is -1.93. The summed E-state index contributed by atoms with van der Waals surface area (Å²) in [5.74, 6) is -1.45. The average Bonchev–Trinajstić information content (AvgIpc) is 3.06. The molecule has 8 heteroatoms. The fourth-order valence-corrected chi connectivity index (χ4v) is 5.23. The zero-order chi connectivity index (χ0) is 18.9. The van der Waals surface area contributed by atoms with E-state index in [4.69, 9.17) is 0 Å². The molecular formula is C18H24N2O5S. The summed E-state index contributed by atoms with van der Waals surface area (Å²) in [6.07, 6.45) is 1.67. The van der Waals surface area contributed by atoms with Gasteiger partial charge in [0.1, 0.15) is 0 Å². The van der Waals surface area contributed by atoms with Gasteiger partial charge in [0, 0.05) is 26.2 Å². The maximum absolute atomic E-state index is 12.8. The summed E-state index contributed by atoms with van der Waals surface area (Å²) in [7, 11) is -3.62. The summed E-state index contributed by atoms with van der Waals surface area (Å²) in [5.41, 5.74) is -0.917. The highest BCUT2D eigenvalue weighted by Crippen LogP contribution is 2.32. The second-order valence-electron chi connectivity index (χ2n) is 7.39. The van der Waals surface area contributed by atoms with E-state index in [-0.39, 0.29) is 23.9 Å². The number of carbonyl (C=O) groups excluding carboxylic acids is 1. The molecule has 3 rings (SSSR count). The Labute approximate surface area is 153 Å². The van der Waals surface area contributed by atoms with Gasteiger partial charge in [0.25, 0.3) is 0 Å². The van der Waals surface area contributed by atoms with Crippen LogP contribution in [0, 0.1) is 11.3 Å². The lowest BCUT2D eigenvalue weighted by atomic mass is 9.90. The first kappa shape index (κ1) is 18.8. The Morgan fingerprint density at radius 2 is 1.88 bits per heavy atom. The van der Waals surface area contributed by atoms with Crippen LogP contribution in [0.3, 0.4) is 0 Å². The first-order valence-electron chi connectivity index (χ1n) is 8.81. The van der Waals surface area contributed by atoms with E-state index in [2.05, 4.69) is 0 Å². The normalized spacial score (nSPS) is 27.4. The molecule has 2 aliphatic heterocycles. The van der Waals surface area contributed by atoms with Crippen LogP contribution in [0.2, 0.25) is 0 Å². The minimum absolute atomic E-state index is 0.136. The van der Waals surface area contributed by atoms with Gasteiger partial charge in [0.15, 0.2) is 0 Å². The van der Waals surface area contributed by atoms with Crippen molar-refractivity contribution in [2.75, 3.05) is 26.2 Å². The fraction of sp³-hybridized carbons (Fsp3) is 0.556. The molecule has 0 saturated carbocycles. The highest BCUT2D eigenvalue weighted by molar-refractivity contribution is 7.89. The molecule has 2 fully saturated rings. The third-order valence-corrected chi connectivity index (χ3v) is 7.30. The molecule has 0 spiro atoms. The molecule has 1 amide bonds. The zero-order valence-electron chi connectivity index (χ0n) is 14.8. The van der Waals surface area contributed by atoms with Crippen LogP contribution >= 0.6 is 0 Å². The van der Waals surface area contributed by atoms with Crippen LogP contribution in [0.4, 0.5) is 0 Å². The number of carboxylic acids is 1. The Morgan fingerprint density at radius 3 is 2.50 bits per heavy atom. The molecule has 2 aliphatic rings. The van der Waals surface area contributed by atoms with Gasteiger partial charge in [-0.15, -0.1) is 0 Å². The smallest absolute Gasteiger partial charge is 0.311 e. The van der Waals surface area contributed by atoms with Crippen LogP contribution in [0.1, 0.15) is 26.2 Å². The molecule has 2 atom stereocenters. The lowest BCUT2D eigenvalue weighted by molar-refractivity contribution is -0.147. The number of carbonyl (C=O) groups is 2. The van der Waals surface area contributed by atoms with Crippen molar-refractivity contribution in [2.45, 2.75) is 31.1 Å². The summed E-state index contributed by atoms with van der Waals surface area (Å²) >= 11 is 0. The third-order valence-electron chi connectivity index (χ3n) is 5.42. The van der Waals surface area contributed by atoms with E-state index in [0.29, 0.717) is 32.4 Å². The molecule has 0 bridgehead atoms. The van der Waals surface area contributed by atoms with Crippen molar-refractivity contribution >= 4 is 21.9 Å². The van der Waals surface area contributed by atoms with E-state index in [1.54, 1.807) is 42.2 Å². The Morgan fingerprint density at radius 1 is 1.19 bits per heavy atom. The number of benzene rings is 1. The molecule has 2 unspecified atom stereocenters. The number of amides is 1. The monoisotopic (exact) mass is 380 g/mol. The Bertz CT molecular complexity index is 795. The highest BCUT2D eigenvalue weighted by Gasteiger charge is 2.44. The topological polar surface area (TPSA) is 95.0 Å². The molecular weight excluding hydrogens is 356 g/mol. The van der Waals surface area contributed by atoms with E-state index < -0.39 is 27.3 Å². The summed E-state index contributed by atoms with van der Waals surface area (Å²) < 4.78 is 27.0. The second-order valence-corrected chi connectivity index (χ2v) is 9.33. The summed E-state index contributed by atoms with van der Waals surface area (Å²) in [5, 5.41) is 9.33. The van der Waals surface area contributed by atoms with Crippen molar-refractivity contribution in [3.63, 3.8) is 0 Å². The zero-order valence-corrected chi connectivity index (χ0v) is 15.6. The fourth-order valence-electron chi connectivity index (χ4n) is 3.69. The number of hydrogen-bond donors (Lipinski definition) is 1. The summed E-state index contributed by atoms with van der Waals surface area (Å²) in [4.78, 5) is 26.0. The number of aliphatic carboxylic acids is 1. The Balaban J connectivity index is 1.71. The van der Waals surface area contributed by atoms with Gasteiger partial charge >= 0.3 is 5.97 Å². The standard InChI is InChI=1S/C18H24N2O5S/c1-18(17(22)23)9-11-19(13-18)16(21)14-6-5-10-20(12-14)26(24,25)15-7-3-2-4-8-15/h2-4,7-8,14H,5-6,9-13H2,1H3,(H,22,23). The molecule has 2 saturated heterocycles. The number of sulfonamides is 1. The third kappa shape index (κ3) is 3.48. The molecule has 142 valence electrons. The van der Waals surface area contributed by atoms with E-state index in [1.807, 2.05) is 0 Å². The van der Waals surface area contributed by atoms with Crippen LogP contribution in [0.5, 0.6) is 0 Å². The van der Waals surface area contributed by atoms with Crippen LogP contribution in [-0.4, -0.2) is 60.8 Å². The van der Waals surface area contributed by atoms with Crippen molar-refractivity contribution in [3.05, 3.63) is 30.3 Å². The number of nitrogens with zero attached hydrogens (tertiary/aromatic N) is 2. The molecule has 1 aromatic carbocycles. The molecule has 2 heterocycles. The Kier molecular flexibility index (Phi) is 5.07. The van der Waals surface area contributed by atoms with Gasteiger partial charge in [0.05, 0.1) is 16.2 Å². The van der Waals surface area contributed by atoms with Gasteiger partial charge in [-0.3, -0.25) is 9.59 Å². The van der Waals surface area contributed by atoms with Crippen molar-refractivity contribution in [2.24, 2.45) is 11.3 Å². The van der Waals surface area contributed by atoms with Gasteiger partial charge in [0.2, 0.25) is 15.9 Å². The maximum Gasteiger partial charge on any atom is 0.311 e. The molecule has 7 nitrogen and oxygen atoms in total. The average molecular weight is 380 g/mol. The van der Waals surface area contributed by atoms with Crippen molar-refractivity contribution in [1.29, 1.82) is 0 Å². The predicted molar refractivity (Wildman–Crippen MR) is 94.9 cm³/mol. The summed E-state index contributed by atoms with van der Waals surface area (Å²) in [6.45, 7) is 2.78. The lowest BCUT2D eigenvalue weighted by Gasteiger charge is -2.33. The van der Waals surface area contributed by atoms with Gasteiger partial charge in [-0.1, -0.05) is 18.2 Å². The highest BCUT2D eigenvalue weighted by atomic mass is 32.2. The van der Waals surface area contributed by atoms with Gasteiger partial charge in [-0.25, -0.2) is 8.42 Å². The van der Waals surface area contributed by atoms with Crippen LogP contribution in [0.25, 0.3) is 0 Å². The van der Waals surface area contributed by atoms with E-state index >= 15 is 0 Å². The number of carboxylic acid groups (broad SMARTS) is 1. The molecule has 1 aromatic rings. The number of piperidine rings is 1. The minimum atomic E-state index is -3.62. The molecule has 1 N–H and O–H groups in total. The van der Waals surface area contributed by atoms with E-state index in [0.717, 1.165) is 0 Å². The maximum atomic E-state index is 12.8. The first-order chi connectivity index (χ1) is 12.2. The van der Waals surface area contributed by atoms with Crippen LogP contribution in [0.15, 0.2) is 35.2 Å². The molecule has 26 heavy (non-hydrogen) atoms.